The van der Waals surface area contributed by atoms with E-state index in [0.717, 1.165) is 12.8 Å². The zero-order valence-corrected chi connectivity index (χ0v) is 17.8. The summed E-state index contributed by atoms with van der Waals surface area (Å²) in [5.41, 5.74) is 0. The molecular weight excluding hydrogens is 480 g/mol. The topological polar surface area (TPSA) is 178 Å². The maximum atomic E-state index is 10.3. The molecule has 0 saturated heterocycles. The molecule has 0 radical (unpaired) electrons. The quantitative estimate of drug-likeness (QED) is 0.132. The predicted molar refractivity (Wildman–Crippen MR) is 134 cm³/mol. The monoisotopic (exact) mass is 528 g/mol. The van der Waals surface area contributed by atoms with Gasteiger partial charge >= 0.3 is 112 Å². The van der Waals surface area contributed by atoms with Crippen molar-refractivity contribution in [2.45, 2.75) is 110 Å². The van der Waals surface area contributed by atoms with Crippen molar-refractivity contribution in [1.82, 2.24) is 0 Å². The molecule has 0 atom stereocenters. The van der Waals surface area contributed by atoms with Gasteiger partial charge in [-0.2, -0.15) is 0 Å². The number of carboxylic acid groups (broad SMARTS) is 1. The first-order chi connectivity index (χ1) is 11.8. The number of rotatable bonds is 16. The molecule has 0 aliphatic heterocycles. The van der Waals surface area contributed by atoms with Gasteiger partial charge in [-0.3, -0.25) is 4.79 Å². The smallest absolute Gasteiger partial charge is 0.316 e. The molecule has 30 heavy (non-hydrogen) atoms. The molecule has 0 aliphatic carbocycles. The van der Waals surface area contributed by atoms with Crippen molar-refractivity contribution in [3.63, 3.8) is 0 Å². The minimum Gasteiger partial charge on any atom is 0.316 e. The summed E-state index contributed by atoms with van der Waals surface area (Å²) in [5.74, 6) is -0.653. The molecule has 0 bridgehead atoms. The molecule has 0 fully saturated rings. The third kappa shape index (κ3) is 69.8. The van der Waals surface area contributed by atoms with Crippen molar-refractivity contribution in [3.05, 3.63) is 0 Å². The van der Waals surface area contributed by atoms with Crippen molar-refractivity contribution >= 4 is 112 Å². The van der Waals surface area contributed by atoms with E-state index in [0.29, 0.717) is 6.42 Å². The van der Waals surface area contributed by atoms with E-state index in [1.54, 1.807) is 0 Å². The number of carboxylic acids is 1. The number of unbranched alkanes of at least 4 members (excludes halogenated alkanes) is 14. The summed E-state index contributed by atoms with van der Waals surface area (Å²) in [4.78, 5) is 31.9. The number of hydrogen-bond donors (Lipinski definition) is 4. The number of phosphoric acid groups is 1. The fourth-order valence-corrected chi connectivity index (χ4v) is 2.65. The molecule has 0 aromatic heterocycles. The molecule has 0 aromatic carbocycles. The SMILES string of the molecule is CCCCCCCCCCCCCCCCCC(=O)O.O.O.O=P(O)(O)O.[CaH2].[CaH2].[MgH2]. The van der Waals surface area contributed by atoms with E-state index in [1.165, 1.54) is 83.5 Å². The molecule has 8 N–H and O–H groups in total. The first kappa shape index (κ1) is 49.8. The van der Waals surface area contributed by atoms with Crippen LogP contribution in [-0.4, -0.2) is 135 Å². The van der Waals surface area contributed by atoms with Crippen LogP contribution in [-0.2, 0) is 9.36 Å². The summed E-state index contributed by atoms with van der Waals surface area (Å²) in [6.45, 7) is 2.27. The van der Waals surface area contributed by atoms with Crippen LogP contribution in [0.25, 0.3) is 0 Å². The van der Waals surface area contributed by atoms with Crippen molar-refractivity contribution in [2.24, 2.45) is 0 Å². The zero-order chi connectivity index (χ0) is 19.4. The first-order valence-electron chi connectivity index (χ1n) is 9.77. The van der Waals surface area contributed by atoms with E-state index in [2.05, 4.69) is 6.92 Å². The second-order valence-corrected chi connectivity index (χ2v) is 7.63. The van der Waals surface area contributed by atoms with Gasteiger partial charge in [0.25, 0.3) is 0 Å². The number of carbonyl (C=O) groups is 1. The fraction of sp³-hybridized carbons (Fsp3) is 0.944. The van der Waals surface area contributed by atoms with Gasteiger partial charge in [-0.05, 0) is 6.42 Å². The molecule has 8 nitrogen and oxygen atoms in total. The molecule has 0 aliphatic rings. The third-order valence-corrected chi connectivity index (χ3v) is 3.99. The largest absolute Gasteiger partial charge is 0.316 e. The Labute approximate surface area is 258 Å². The summed E-state index contributed by atoms with van der Waals surface area (Å²) in [7, 11) is -4.64. The van der Waals surface area contributed by atoms with E-state index < -0.39 is 13.8 Å². The zero-order valence-electron chi connectivity index (χ0n) is 16.9. The summed E-state index contributed by atoms with van der Waals surface area (Å²) in [6, 6.07) is 0. The van der Waals surface area contributed by atoms with Crippen LogP contribution < -0.4 is 0 Å². The van der Waals surface area contributed by atoms with E-state index in [1.807, 2.05) is 0 Å². The van der Waals surface area contributed by atoms with Crippen LogP contribution in [0.4, 0.5) is 0 Å². The average Bonchev–Trinajstić information content (AvgIpc) is 2.49. The van der Waals surface area contributed by atoms with Gasteiger partial charge in [0.2, 0.25) is 0 Å². The van der Waals surface area contributed by atoms with E-state index >= 15 is 0 Å². The molecule has 12 heteroatoms. The van der Waals surface area contributed by atoms with Gasteiger partial charge in [0.1, 0.15) is 0 Å². The Morgan fingerprint density at radius 2 is 0.833 bits per heavy atom. The Kier molecular flexibility index (Phi) is 64.8. The van der Waals surface area contributed by atoms with Gasteiger partial charge in [0.15, 0.2) is 0 Å². The Morgan fingerprint density at radius 3 is 1.03 bits per heavy atom. The van der Waals surface area contributed by atoms with Gasteiger partial charge in [-0.25, -0.2) is 4.57 Å². The second-order valence-electron chi connectivity index (χ2n) is 6.61. The minimum absolute atomic E-state index is 0. The Hall–Kier alpha value is 2.79. The molecular formula is C18H49Ca2MgO8P. The average molecular weight is 529 g/mol. The minimum atomic E-state index is -4.64. The summed E-state index contributed by atoms with van der Waals surface area (Å²) in [5, 5.41) is 8.52. The first-order valence-corrected chi connectivity index (χ1v) is 11.3. The number of hydrogen-bond acceptors (Lipinski definition) is 2. The van der Waals surface area contributed by atoms with E-state index in [4.69, 9.17) is 24.4 Å². The summed E-state index contributed by atoms with van der Waals surface area (Å²) in [6.07, 6.45) is 20.2. The normalized spacial score (nSPS) is 9.20. The standard InChI is InChI=1S/C18H36O2.2Ca.Mg.H3O4P.2H2O.6H/c1-2-3-4-5-6-7-8-9-10-11-12-13-14-15-16-17-18(19)20;;;;1-5(2,3)4;;;;;;;;/h2-17H2,1H3,(H,19,20);;;;(H3,1,2,3,4);2*1H2;;;;;;. The Balaban J connectivity index is -0.0000000948. The van der Waals surface area contributed by atoms with Gasteiger partial charge in [-0.15, -0.1) is 0 Å². The van der Waals surface area contributed by atoms with Crippen LogP contribution in [0.5, 0.6) is 0 Å². The van der Waals surface area contributed by atoms with Crippen LogP contribution in [0, 0.1) is 0 Å². The van der Waals surface area contributed by atoms with Crippen molar-refractivity contribution in [1.29, 1.82) is 0 Å². The summed E-state index contributed by atoms with van der Waals surface area (Å²) >= 11 is 0. The third-order valence-electron chi connectivity index (χ3n) is 3.99. The van der Waals surface area contributed by atoms with E-state index in [-0.39, 0.29) is 109 Å². The van der Waals surface area contributed by atoms with Crippen LogP contribution >= 0.6 is 7.82 Å². The van der Waals surface area contributed by atoms with Crippen LogP contribution in [0.3, 0.4) is 0 Å². The van der Waals surface area contributed by atoms with Crippen molar-refractivity contribution in [2.75, 3.05) is 0 Å². The van der Waals surface area contributed by atoms with E-state index in [9.17, 15) is 4.79 Å². The Morgan fingerprint density at radius 1 is 0.633 bits per heavy atom. The molecule has 180 valence electrons. The van der Waals surface area contributed by atoms with Crippen molar-refractivity contribution < 1.29 is 40.1 Å². The van der Waals surface area contributed by atoms with Gasteiger partial charge in [0, 0.05) is 6.42 Å². The molecule has 0 amide bonds. The number of aliphatic carboxylic acids is 1. The molecule has 0 spiro atoms. The van der Waals surface area contributed by atoms with Gasteiger partial charge in [0.05, 0.1) is 0 Å². The molecule has 0 unspecified atom stereocenters. The summed E-state index contributed by atoms with van der Waals surface area (Å²) < 4.78 is 8.88. The fourth-order valence-electron chi connectivity index (χ4n) is 2.65. The van der Waals surface area contributed by atoms with Crippen molar-refractivity contribution in [3.8, 4) is 0 Å². The van der Waals surface area contributed by atoms with Crippen LogP contribution in [0.1, 0.15) is 110 Å². The molecule has 0 saturated carbocycles. The second kappa shape index (κ2) is 39.0. The predicted octanol–water partition coefficient (Wildman–Crippen LogP) is 1.01. The van der Waals surface area contributed by atoms with Gasteiger partial charge in [-0.1, -0.05) is 96.8 Å². The maximum absolute atomic E-state index is 10.3. The molecule has 0 heterocycles. The maximum Gasteiger partial charge on any atom is 0.316 e. The molecule has 0 rings (SSSR count). The van der Waals surface area contributed by atoms with Crippen LogP contribution in [0.15, 0.2) is 0 Å². The Bertz CT molecular complexity index is 342. The molecule has 0 aromatic rings. The van der Waals surface area contributed by atoms with Gasteiger partial charge < -0.3 is 30.7 Å². The van der Waals surface area contributed by atoms with Crippen LogP contribution in [0.2, 0.25) is 0 Å².